The molecular weight excluding hydrogens is 244 g/mol. The highest BCUT2D eigenvalue weighted by molar-refractivity contribution is 5.39. The molecule has 2 nitrogen and oxygen atoms in total. The van der Waals surface area contributed by atoms with Crippen molar-refractivity contribution in [2.24, 2.45) is 5.92 Å². The molecule has 1 fully saturated rings. The molecule has 1 aromatic rings. The highest BCUT2D eigenvalue weighted by Crippen LogP contribution is 2.30. The molecule has 1 atom stereocenters. The fraction of sp³-hybridized carbons (Fsp3) is 0.667. The van der Waals surface area contributed by atoms with Crippen molar-refractivity contribution in [3.63, 3.8) is 0 Å². The van der Waals surface area contributed by atoms with Crippen LogP contribution in [-0.4, -0.2) is 31.6 Å². The Bertz CT molecular complexity index is 422. The summed E-state index contributed by atoms with van der Waals surface area (Å²) in [5.41, 5.74) is 5.83. The molecule has 0 aliphatic carbocycles. The Morgan fingerprint density at radius 3 is 2.20 bits per heavy atom. The lowest BCUT2D eigenvalue weighted by Gasteiger charge is -2.37. The first kappa shape index (κ1) is 15.5. The van der Waals surface area contributed by atoms with Gasteiger partial charge < -0.3 is 5.32 Å². The van der Waals surface area contributed by atoms with E-state index in [2.05, 4.69) is 57.1 Å². The van der Waals surface area contributed by atoms with Crippen molar-refractivity contribution in [3.8, 4) is 0 Å². The van der Waals surface area contributed by atoms with Gasteiger partial charge in [-0.2, -0.15) is 0 Å². The van der Waals surface area contributed by atoms with Crippen LogP contribution in [0.15, 0.2) is 12.1 Å². The van der Waals surface area contributed by atoms with Crippen LogP contribution >= 0.6 is 0 Å². The third-order valence-electron chi connectivity index (χ3n) is 4.85. The first-order valence-electron chi connectivity index (χ1n) is 7.99. The maximum atomic E-state index is 3.32. The van der Waals surface area contributed by atoms with E-state index in [9.17, 15) is 0 Å². The molecule has 2 rings (SSSR count). The van der Waals surface area contributed by atoms with E-state index in [1.165, 1.54) is 49.2 Å². The summed E-state index contributed by atoms with van der Waals surface area (Å²) in [4.78, 5) is 2.66. The molecule has 0 bridgehead atoms. The zero-order valence-electron chi connectivity index (χ0n) is 13.8. The second kappa shape index (κ2) is 6.73. The first-order valence-corrected chi connectivity index (χ1v) is 7.99. The van der Waals surface area contributed by atoms with Crippen molar-refractivity contribution >= 4 is 0 Å². The van der Waals surface area contributed by atoms with Crippen LogP contribution in [0.3, 0.4) is 0 Å². The molecule has 1 aromatic carbocycles. The Morgan fingerprint density at radius 2 is 1.70 bits per heavy atom. The Morgan fingerprint density at radius 1 is 1.15 bits per heavy atom. The summed E-state index contributed by atoms with van der Waals surface area (Å²) in [5, 5.41) is 3.32. The van der Waals surface area contributed by atoms with Crippen LogP contribution in [0.5, 0.6) is 0 Å². The van der Waals surface area contributed by atoms with E-state index in [4.69, 9.17) is 0 Å². The molecule has 0 spiro atoms. The second-order valence-electron chi connectivity index (χ2n) is 6.53. The van der Waals surface area contributed by atoms with Gasteiger partial charge >= 0.3 is 0 Å². The standard InChI is InChI=1S/C18H30N2/c1-13-10-14(2)18(15(3)11-13)16(4)20-8-6-17(7-9-20)12-19-5/h10-11,16-17,19H,6-9,12H2,1-5H3. The number of hydrogen-bond donors (Lipinski definition) is 1. The van der Waals surface area contributed by atoms with Gasteiger partial charge in [0, 0.05) is 6.04 Å². The summed E-state index contributed by atoms with van der Waals surface area (Å²) in [6.45, 7) is 12.7. The molecule has 112 valence electrons. The van der Waals surface area contributed by atoms with E-state index in [0.29, 0.717) is 6.04 Å². The van der Waals surface area contributed by atoms with Gasteiger partial charge in [-0.15, -0.1) is 0 Å². The van der Waals surface area contributed by atoms with Crippen molar-refractivity contribution in [1.29, 1.82) is 0 Å². The van der Waals surface area contributed by atoms with Gasteiger partial charge in [0.25, 0.3) is 0 Å². The Labute approximate surface area is 124 Å². The molecule has 1 saturated heterocycles. The molecule has 0 aromatic heterocycles. The number of nitrogens with one attached hydrogen (secondary N) is 1. The van der Waals surface area contributed by atoms with Crippen LogP contribution in [0, 0.1) is 26.7 Å². The van der Waals surface area contributed by atoms with Gasteiger partial charge in [0.05, 0.1) is 0 Å². The first-order chi connectivity index (χ1) is 9.52. The maximum absolute atomic E-state index is 3.32. The van der Waals surface area contributed by atoms with E-state index in [0.717, 1.165) is 5.92 Å². The van der Waals surface area contributed by atoms with Gasteiger partial charge in [-0.05, 0) is 89.8 Å². The zero-order valence-corrected chi connectivity index (χ0v) is 13.8. The largest absolute Gasteiger partial charge is 0.319 e. The van der Waals surface area contributed by atoms with E-state index < -0.39 is 0 Å². The minimum Gasteiger partial charge on any atom is -0.319 e. The average molecular weight is 274 g/mol. The normalized spacial score (nSPS) is 19.2. The lowest BCUT2D eigenvalue weighted by atomic mass is 9.91. The van der Waals surface area contributed by atoms with Crippen LogP contribution in [-0.2, 0) is 0 Å². The molecule has 0 amide bonds. The number of nitrogens with zero attached hydrogens (tertiary/aromatic N) is 1. The van der Waals surface area contributed by atoms with E-state index in [1.54, 1.807) is 5.56 Å². The smallest absolute Gasteiger partial charge is 0.0325 e. The summed E-state index contributed by atoms with van der Waals surface area (Å²) >= 11 is 0. The molecular formula is C18H30N2. The average Bonchev–Trinajstić information content (AvgIpc) is 2.38. The van der Waals surface area contributed by atoms with E-state index in [1.807, 2.05) is 0 Å². The third-order valence-corrected chi connectivity index (χ3v) is 4.85. The maximum Gasteiger partial charge on any atom is 0.0325 e. The molecule has 2 heteroatoms. The predicted octanol–water partition coefficient (Wildman–Crippen LogP) is 3.60. The molecule has 0 radical (unpaired) electrons. The summed E-state index contributed by atoms with van der Waals surface area (Å²) in [7, 11) is 2.06. The predicted molar refractivity (Wildman–Crippen MR) is 87.3 cm³/mol. The van der Waals surface area contributed by atoms with Crippen LogP contribution in [0.25, 0.3) is 0 Å². The van der Waals surface area contributed by atoms with Crippen LogP contribution in [0.1, 0.15) is 48.1 Å². The van der Waals surface area contributed by atoms with Gasteiger partial charge in [-0.1, -0.05) is 17.7 Å². The summed E-state index contributed by atoms with van der Waals surface area (Å²) < 4.78 is 0. The second-order valence-corrected chi connectivity index (χ2v) is 6.53. The number of piperidine rings is 1. The van der Waals surface area contributed by atoms with E-state index >= 15 is 0 Å². The van der Waals surface area contributed by atoms with Crippen molar-refractivity contribution in [3.05, 3.63) is 34.4 Å². The van der Waals surface area contributed by atoms with Crippen molar-refractivity contribution < 1.29 is 0 Å². The topological polar surface area (TPSA) is 15.3 Å². The quantitative estimate of drug-likeness (QED) is 0.902. The highest BCUT2D eigenvalue weighted by Gasteiger charge is 2.24. The van der Waals surface area contributed by atoms with Gasteiger partial charge in [0.2, 0.25) is 0 Å². The highest BCUT2D eigenvalue weighted by atomic mass is 15.2. The van der Waals surface area contributed by atoms with Crippen molar-refractivity contribution in [2.45, 2.75) is 46.6 Å². The molecule has 1 aliphatic heterocycles. The lowest BCUT2D eigenvalue weighted by Crippen LogP contribution is -2.38. The minimum absolute atomic E-state index is 0.547. The van der Waals surface area contributed by atoms with Gasteiger partial charge in [-0.25, -0.2) is 0 Å². The van der Waals surface area contributed by atoms with Gasteiger partial charge in [0.15, 0.2) is 0 Å². The Kier molecular flexibility index (Phi) is 5.22. The molecule has 1 heterocycles. The van der Waals surface area contributed by atoms with Gasteiger partial charge in [-0.3, -0.25) is 4.90 Å². The van der Waals surface area contributed by atoms with Crippen molar-refractivity contribution in [2.75, 3.05) is 26.7 Å². The molecule has 20 heavy (non-hydrogen) atoms. The zero-order chi connectivity index (χ0) is 14.7. The molecule has 1 aliphatic rings. The lowest BCUT2D eigenvalue weighted by molar-refractivity contribution is 0.140. The number of aryl methyl sites for hydroxylation is 3. The summed E-state index contributed by atoms with van der Waals surface area (Å²) in [5.74, 6) is 0.865. The fourth-order valence-corrected chi connectivity index (χ4v) is 3.87. The van der Waals surface area contributed by atoms with Crippen LogP contribution in [0.2, 0.25) is 0 Å². The molecule has 1 unspecified atom stereocenters. The van der Waals surface area contributed by atoms with Crippen LogP contribution < -0.4 is 5.32 Å². The monoisotopic (exact) mass is 274 g/mol. The SMILES string of the molecule is CNCC1CCN(C(C)c2c(C)cc(C)cc2C)CC1. The number of likely N-dealkylation sites (tertiary alicyclic amines) is 1. The minimum atomic E-state index is 0.547. The molecule has 0 saturated carbocycles. The summed E-state index contributed by atoms with van der Waals surface area (Å²) in [6, 6.07) is 5.20. The van der Waals surface area contributed by atoms with Gasteiger partial charge in [0.1, 0.15) is 0 Å². The van der Waals surface area contributed by atoms with Crippen molar-refractivity contribution in [1.82, 2.24) is 10.2 Å². The third kappa shape index (κ3) is 3.42. The van der Waals surface area contributed by atoms with E-state index in [-0.39, 0.29) is 0 Å². The number of hydrogen-bond acceptors (Lipinski definition) is 2. The molecule has 1 N–H and O–H groups in total. The fourth-order valence-electron chi connectivity index (χ4n) is 3.87. The number of rotatable bonds is 4. The number of benzene rings is 1. The Hall–Kier alpha value is -0.860. The Balaban J connectivity index is 2.07. The summed E-state index contributed by atoms with van der Waals surface area (Å²) in [6.07, 6.45) is 2.66. The van der Waals surface area contributed by atoms with Crippen LogP contribution in [0.4, 0.5) is 0 Å².